The van der Waals surface area contributed by atoms with Gasteiger partial charge < -0.3 is 5.32 Å². The number of hydrogen-bond donors (Lipinski definition) is 1. The molecule has 0 bridgehead atoms. The number of unbranched alkanes of at least 4 members (excludes halogenated alkanes) is 4. The number of carbonyl (C=O) groups is 1. The molecule has 0 atom stereocenters. The third-order valence-electron chi connectivity index (χ3n) is 3.61. The summed E-state index contributed by atoms with van der Waals surface area (Å²) in [5.74, 6) is 1.04. The van der Waals surface area contributed by atoms with Gasteiger partial charge in [-0.2, -0.15) is 0 Å². The summed E-state index contributed by atoms with van der Waals surface area (Å²) in [7, 11) is 0. The Hall–Kier alpha value is -0.530. The maximum atomic E-state index is 11.6. The van der Waals surface area contributed by atoms with Crippen LogP contribution in [0.4, 0.5) is 0 Å². The van der Waals surface area contributed by atoms with Gasteiger partial charge in [0.25, 0.3) is 0 Å². The van der Waals surface area contributed by atoms with Crippen LogP contribution >= 0.6 is 0 Å². The Morgan fingerprint density at radius 3 is 2.20 bits per heavy atom. The first kappa shape index (κ1) is 19.5. The second-order valence-electron chi connectivity index (χ2n) is 7.71. The van der Waals surface area contributed by atoms with Crippen molar-refractivity contribution in [1.82, 2.24) is 5.32 Å². The quantitative estimate of drug-likeness (QED) is 0.511. The first-order valence-corrected chi connectivity index (χ1v) is 8.58. The molecule has 20 heavy (non-hydrogen) atoms. The van der Waals surface area contributed by atoms with Gasteiger partial charge in [0.1, 0.15) is 0 Å². The topological polar surface area (TPSA) is 29.1 Å². The Labute approximate surface area is 127 Å². The molecule has 2 heteroatoms. The van der Waals surface area contributed by atoms with Crippen LogP contribution in [0.15, 0.2) is 0 Å². The number of hydrogen-bond acceptors (Lipinski definition) is 1. The van der Waals surface area contributed by atoms with Gasteiger partial charge in [-0.15, -0.1) is 0 Å². The van der Waals surface area contributed by atoms with E-state index in [4.69, 9.17) is 0 Å². The molecule has 1 amide bonds. The fraction of sp³-hybridized carbons (Fsp3) is 0.944. The molecule has 0 aromatic carbocycles. The van der Waals surface area contributed by atoms with Crippen LogP contribution in [0.5, 0.6) is 0 Å². The van der Waals surface area contributed by atoms with Crippen molar-refractivity contribution >= 4 is 5.91 Å². The molecule has 0 heterocycles. The highest BCUT2D eigenvalue weighted by Gasteiger charge is 2.09. The van der Waals surface area contributed by atoms with Crippen molar-refractivity contribution in [3.05, 3.63) is 0 Å². The Morgan fingerprint density at radius 2 is 1.60 bits per heavy atom. The van der Waals surface area contributed by atoms with E-state index in [2.05, 4.69) is 39.9 Å². The van der Waals surface area contributed by atoms with Crippen LogP contribution in [0, 0.1) is 11.3 Å². The predicted octanol–water partition coefficient (Wildman–Crippen LogP) is 5.32. The summed E-state index contributed by atoms with van der Waals surface area (Å²) in [4.78, 5) is 11.6. The molecule has 0 spiro atoms. The molecule has 0 aromatic heterocycles. The lowest BCUT2D eigenvalue weighted by molar-refractivity contribution is -0.121. The predicted molar refractivity (Wildman–Crippen MR) is 88.9 cm³/mol. The van der Waals surface area contributed by atoms with Crippen LogP contribution in [-0.2, 0) is 4.79 Å². The molecule has 0 fully saturated rings. The number of amides is 1. The molecule has 1 N–H and O–H groups in total. The van der Waals surface area contributed by atoms with Gasteiger partial charge in [-0.3, -0.25) is 4.79 Å². The molecule has 0 saturated heterocycles. The summed E-state index contributed by atoms with van der Waals surface area (Å²) in [5, 5.41) is 3.04. The van der Waals surface area contributed by atoms with Crippen LogP contribution in [0.3, 0.4) is 0 Å². The lowest BCUT2D eigenvalue weighted by Gasteiger charge is -2.17. The second-order valence-corrected chi connectivity index (χ2v) is 7.71. The molecule has 120 valence electrons. The van der Waals surface area contributed by atoms with Crippen LogP contribution < -0.4 is 5.32 Å². The van der Waals surface area contributed by atoms with Gasteiger partial charge in [-0.25, -0.2) is 0 Å². The second kappa shape index (κ2) is 11.2. The normalized spacial score (nSPS) is 11.9. The third kappa shape index (κ3) is 15.5. The lowest BCUT2D eigenvalue weighted by Crippen LogP contribution is -2.24. The molecule has 0 aliphatic carbocycles. The summed E-state index contributed by atoms with van der Waals surface area (Å²) in [6, 6.07) is 0. The average molecular weight is 283 g/mol. The van der Waals surface area contributed by atoms with E-state index in [0.717, 1.165) is 25.3 Å². The first-order chi connectivity index (χ1) is 9.31. The molecular formula is C18H37NO. The summed E-state index contributed by atoms with van der Waals surface area (Å²) in [6.07, 6.45) is 10.4. The molecule has 0 unspecified atom stereocenters. The zero-order valence-corrected chi connectivity index (χ0v) is 14.6. The smallest absolute Gasteiger partial charge is 0.219 e. The summed E-state index contributed by atoms with van der Waals surface area (Å²) >= 11 is 0. The molecule has 0 saturated carbocycles. The van der Waals surface area contributed by atoms with Gasteiger partial charge in [-0.05, 0) is 30.6 Å². The number of carbonyl (C=O) groups excluding carboxylic acids is 1. The van der Waals surface area contributed by atoms with Gasteiger partial charge in [0.15, 0.2) is 0 Å². The minimum atomic E-state index is 0.240. The molecule has 0 aromatic rings. The van der Waals surface area contributed by atoms with E-state index in [1.165, 1.54) is 38.5 Å². The van der Waals surface area contributed by atoms with Crippen molar-refractivity contribution in [2.45, 2.75) is 92.4 Å². The SMILES string of the molecule is CC(C)CCCCCNC(=O)CCCCCC(C)(C)C. The highest BCUT2D eigenvalue weighted by molar-refractivity contribution is 5.75. The Morgan fingerprint density at radius 1 is 0.950 bits per heavy atom. The van der Waals surface area contributed by atoms with E-state index in [1.807, 2.05) is 0 Å². The first-order valence-electron chi connectivity index (χ1n) is 8.58. The number of rotatable bonds is 11. The van der Waals surface area contributed by atoms with Crippen molar-refractivity contribution in [1.29, 1.82) is 0 Å². The van der Waals surface area contributed by atoms with E-state index in [1.54, 1.807) is 0 Å². The monoisotopic (exact) mass is 283 g/mol. The van der Waals surface area contributed by atoms with Crippen LogP contribution in [0.25, 0.3) is 0 Å². The summed E-state index contributed by atoms with van der Waals surface area (Å²) in [5.41, 5.74) is 0.429. The Kier molecular flexibility index (Phi) is 10.9. The maximum absolute atomic E-state index is 11.6. The van der Waals surface area contributed by atoms with E-state index in [0.29, 0.717) is 11.8 Å². The van der Waals surface area contributed by atoms with Gasteiger partial charge in [0.2, 0.25) is 5.91 Å². The molecule has 0 rings (SSSR count). The minimum absolute atomic E-state index is 0.240. The average Bonchev–Trinajstić information content (AvgIpc) is 2.31. The maximum Gasteiger partial charge on any atom is 0.219 e. The largest absolute Gasteiger partial charge is 0.356 e. The molecule has 0 aliphatic heterocycles. The fourth-order valence-corrected chi connectivity index (χ4v) is 2.29. The third-order valence-corrected chi connectivity index (χ3v) is 3.61. The molecule has 2 nitrogen and oxygen atoms in total. The molecule has 0 aliphatic rings. The summed E-state index contributed by atoms with van der Waals surface area (Å²) in [6.45, 7) is 12.2. The van der Waals surface area contributed by atoms with E-state index >= 15 is 0 Å². The highest BCUT2D eigenvalue weighted by atomic mass is 16.1. The van der Waals surface area contributed by atoms with Crippen LogP contribution in [0.1, 0.15) is 92.4 Å². The van der Waals surface area contributed by atoms with Crippen LogP contribution in [0.2, 0.25) is 0 Å². The van der Waals surface area contributed by atoms with Gasteiger partial charge >= 0.3 is 0 Å². The van der Waals surface area contributed by atoms with E-state index < -0.39 is 0 Å². The van der Waals surface area contributed by atoms with Gasteiger partial charge in [0.05, 0.1) is 0 Å². The van der Waals surface area contributed by atoms with Crippen LogP contribution in [-0.4, -0.2) is 12.5 Å². The van der Waals surface area contributed by atoms with E-state index in [-0.39, 0.29) is 5.91 Å². The van der Waals surface area contributed by atoms with Gasteiger partial charge in [0, 0.05) is 13.0 Å². The van der Waals surface area contributed by atoms with Crippen molar-refractivity contribution in [3.8, 4) is 0 Å². The summed E-state index contributed by atoms with van der Waals surface area (Å²) < 4.78 is 0. The number of nitrogens with one attached hydrogen (secondary N) is 1. The minimum Gasteiger partial charge on any atom is -0.356 e. The zero-order valence-electron chi connectivity index (χ0n) is 14.6. The highest BCUT2D eigenvalue weighted by Crippen LogP contribution is 2.22. The fourth-order valence-electron chi connectivity index (χ4n) is 2.29. The van der Waals surface area contributed by atoms with Crippen molar-refractivity contribution < 1.29 is 4.79 Å². The standard InChI is InChI=1S/C18H37NO/c1-16(2)12-8-7-11-15-19-17(20)13-9-6-10-14-18(3,4)5/h16H,6-15H2,1-5H3,(H,19,20). The zero-order chi connectivity index (χ0) is 15.4. The Balaban J connectivity index is 3.29. The van der Waals surface area contributed by atoms with Crippen molar-refractivity contribution in [3.63, 3.8) is 0 Å². The lowest BCUT2D eigenvalue weighted by atomic mass is 9.89. The van der Waals surface area contributed by atoms with Gasteiger partial charge in [-0.1, -0.05) is 66.7 Å². The molecule has 0 radical (unpaired) electrons. The Bertz CT molecular complexity index is 240. The molecular weight excluding hydrogens is 246 g/mol. The van der Waals surface area contributed by atoms with E-state index in [9.17, 15) is 4.79 Å². The van der Waals surface area contributed by atoms with Crippen molar-refractivity contribution in [2.75, 3.05) is 6.54 Å². The van der Waals surface area contributed by atoms with Crippen molar-refractivity contribution in [2.24, 2.45) is 11.3 Å².